The van der Waals surface area contributed by atoms with Crippen molar-refractivity contribution in [2.24, 2.45) is 0 Å². The Bertz CT molecular complexity index is 660. The summed E-state index contributed by atoms with van der Waals surface area (Å²) in [4.78, 5) is 16.5. The largest absolute Gasteiger partial charge is 0.399 e. The fraction of sp³-hybridized carbons (Fsp3) is 0.353. The number of piperazine rings is 1. The molecule has 23 heavy (non-hydrogen) atoms. The number of anilines is 2. The molecule has 3 rings (SSSR count). The van der Waals surface area contributed by atoms with E-state index < -0.39 is 0 Å². The molecule has 0 atom stereocenters. The molecule has 0 aliphatic carbocycles. The van der Waals surface area contributed by atoms with Gasteiger partial charge in [-0.25, -0.2) is 0 Å². The van der Waals surface area contributed by atoms with Crippen molar-refractivity contribution >= 4 is 17.4 Å². The van der Waals surface area contributed by atoms with Crippen LogP contribution in [-0.4, -0.2) is 47.2 Å². The van der Waals surface area contributed by atoms with E-state index in [9.17, 15) is 4.79 Å². The summed E-state index contributed by atoms with van der Waals surface area (Å²) in [7, 11) is 0. The van der Waals surface area contributed by atoms with Crippen LogP contribution in [0.15, 0.2) is 36.4 Å². The van der Waals surface area contributed by atoms with E-state index in [0.717, 1.165) is 30.2 Å². The van der Waals surface area contributed by atoms with Crippen LogP contribution in [0.1, 0.15) is 11.3 Å². The monoisotopic (exact) mass is 311 g/mol. The van der Waals surface area contributed by atoms with Gasteiger partial charge in [0, 0.05) is 31.9 Å². The number of nitrogens with two attached hydrogens (primary N) is 1. The molecule has 1 aliphatic rings. The molecule has 0 radical (unpaired) electrons. The predicted molar refractivity (Wildman–Crippen MR) is 90.1 cm³/mol. The van der Waals surface area contributed by atoms with E-state index in [1.807, 2.05) is 48.2 Å². The van der Waals surface area contributed by atoms with Gasteiger partial charge in [-0.05, 0) is 36.8 Å². The third-order valence-electron chi connectivity index (χ3n) is 4.08. The quantitative estimate of drug-likeness (QED) is 0.864. The molecule has 2 heterocycles. The summed E-state index contributed by atoms with van der Waals surface area (Å²) in [6.07, 6.45) is 0.421. The van der Waals surface area contributed by atoms with Crippen molar-refractivity contribution in [1.29, 1.82) is 0 Å². The zero-order chi connectivity index (χ0) is 16.2. The summed E-state index contributed by atoms with van der Waals surface area (Å²) in [6.45, 7) is 4.91. The van der Waals surface area contributed by atoms with Crippen LogP contribution in [0.5, 0.6) is 0 Å². The molecule has 1 aromatic heterocycles. The van der Waals surface area contributed by atoms with Gasteiger partial charge in [0.1, 0.15) is 0 Å². The van der Waals surface area contributed by atoms with Crippen LogP contribution >= 0.6 is 0 Å². The fourth-order valence-electron chi connectivity index (χ4n) is 2.67. The molecule has 1 aliphatic heterocycles. The number of nitrogens with zero attached hydrogens (tertiary/aromatic N) is 4. The molecule has 6 nitrogen and oxygen atoms in total. The van der Waals surface area contributed by atoms with Crippen molar-refractivity contribution < 1.29 is 4.79 Å². The first kappa shape index (κ1) is 15.3. The van der Waals surface area contributed by atoms with E-state index in [2.05, 4.69) is 15.1 Å². The third-order valence-corrected chi connectivity index (χ3v) is 4.08. The molecule has 120 valence electrons. The first-order valence-corrected chi connectivity index (χ1v) is 7.79. The average Bonchev–Trinajstić information content (AvgIpc) is 2.58. The first-order chi connectivity index (χ1) is 11.1. The summed E-state index contributed by atoms with van der Waals surface area (Å²) >= 11 is 0. The molecule has 0 unspecified atom stereocenters. The zero-order valence-corrected chi connectivity index (χ0v) is 13.3. The Kier molecular flexibility index (Phi) is 4.41. The van der Waals surface area contributed by atoms with E-state index in [1.54, 1.807) is 0 Å². The van der Waals surface area contributed by atoms with Crippen molar-refractivity contribution in [3.05, 3.63) is 47.7 Å². The number of carbonyl (C=O) groups excluding carboxylic acids is 1. The topological polar surface area (TPSA) is 75.3 Å². The lowest BCUT2D eigenvalue weighted by Crippen LogP contribution is -2.49. The molecular formula is C17H21N5O. The lowest BCUT2D eigenvalue weighted by Gasteiger charge is -2.35. The average molecular weight is 311 g/mol. The van der Waals surface area contributed by atoms with E-state index in [1.165, 1.54) is 0 Å². The maximum Gasteiger partial charge on any atom is 0.227 e. The minimum atomic E-state index is 0.157. The minimum Gasteiger partial charge on any atom is -0.399 e. The van der Waals surface area contributed by atoms with Crippen molar-refractivity contribution in [2.75, 3.05) is 36.8 Å². The highest BCUT2D eigenvalue weighted by Crippen LogP contribution is 2.14. The van der Waals surface area contributed by atoms with Gasteiger partial charge in [-0.2, -0.15) is 5.10 Å². The number of rotatable bonds is 3. The molecule has 6 heteroatoms. The Labute approximate surface area is 135 Å². The smallest absolute Gasteiger partial charge is 0.227 e. The van der Waals surface area contributed by atoms with E-state index >= 15 is 0 Å². The molecule has 0 bridgehead atoms. The molecular weight excluding hydrogens is 290 g/mol. The normalized spacial score (nSPS) is 14.8. The van der Waals surface area contributed by atoms with E-state index in [4.69, 9.17) is 5.73 Å². The number of amides is 1. The molecule has 0 saturated carbocycles. The highest BCUT2D eigenvalue weighted by atomic mass is 16.2. The molecule has 1 fully saturated rings. The summed E-state index contributed by atoms with van der Waals surface area (Å²) < 4.78 is 0. The Balaban J connectivity index is 1.54. The Morgan fingerprint density at radius 2 is 1.74 bits per heavy atom. The van der Waals surface area contributed by atoms with E-state index in [-0.39, 0.29) is 5.91 Å². The maximum absolute atomic E-state index is 12.4. The van der Waals surface area contributed by atoms with Crippen LogP contribution in [0.3, 0.4) is 0 Å². The molecule has 1 aromatic carbocycles. The number of hydrogen-bond donors (Lipinski definition) is 1. The first-order valence-electron chi connectivity index (χ1n) is 7.79. The Morgan fingerprint density at radius 3 is 2.35 bits per heavy atom. The maximum atomic E-state index is 12.4. The summed E-state index contributed by atoms with van der Waals surface area (Å²) in [5, 5.41) is 8.30. The van der Waals surface area contributed by atoms with Gasteiger partial charge in [0.05, 0.1) is 12.1 Å². The molecule has 1 amide bonds. The number of benzene rings is 1. The van der Waals surface area contributed by atoms with Crippen molar-refractivity contribution in [3.8, 4) is 0 Å². The van der Waals surface area contributed by atoms with Crippen LogP contribution in [0.25, 0.3) is 0 Å². The summed E-state index contributed by atoms with van der Waals surface area (Å²) in [6, 6.07) is 11.4. The van der Waals surface area contributed by atoms with Gasteiger partial charge in [-0.1, -0.05) is 12.1 Å². The number of aryl methyl sites for hydroxylation is 1. The number of hydrogen-bond acceptors (Lipinski definition) is 5. The molecule has 2 N–H and O–H groups in total. The van der Waals surface area contributed by atoms with Crippen molar-refractivity contribution in [2.45, 2.75) is 13.3 Å². The van der Waals surface area contributed by atoms with Crippen LogP contribution in [0, 0.1) is 6.92 Å². The second kappa shape index (κ2) is 6.64. The fourth-order valence-corrected chi connectivity index (χ4v) is 2.67. The SMILES string of the molecule is Cc1ccc(N2CCN(C(=O)Cc3ccc(N)cc3)CC2)nn1. The van der Waals surface area contributed by atoms with Gasteiger partial charge in [0.2, 0.25) is 5.91 Å². The standard InChI is InChI=1S/C17H21N5O/c1-13-2-7-16(20-19-13)21-8-10-22(11-9-21)17(23)12-14-3-5-15(18)6-4-14/h2-7H,8-12,18H2,1H3. The molecule has 0 spiro atoms. The summed E-state index contributed by atoms with van der Waals surface area (Å²) in [5.41, 5.74) is 8.29. The lowest BCUT2D eigenvalue weighted by molar-refractivity contribution is -0.130. The van der Waals surface area contributed by atoms with Crippen LogP contribution in [-0.2, 0) is 11.2 Å². The molecule has 1 saturated heterocycles. The number of carbonyl (C=O) groups is 1. The van der Waals surface area contributed by atoms with Gasteiger partial charge in [-0.3, -0.25) is 4.79 Å². The van der Waals surface area contributed by atoms with Gasteiger partial charge in [-0.15, -0.1) is 5.10 Å². The third kappa shape index (κ3) is 3.77. The highest BCUT2D eigenvalue weighted by Gasteiger charge is 2.22. The second-order valence-electron chi connectivity index (χ2n) is 5.82. The van der Waals surface area contributed by atoms with Gasteiger partial charge < -0.3 is 15.5 Å². The van der Waals surface area contributed by atoms with Crippen molar-refractivity contribution in [1.82, 2.24) is 15.1 Å². The van der Waals surface area contributed by atoms with Crippen LogP contribution in [0.4, 0.5) is 11.5 Å². The minimum absolute atomic E-state index is 0.157. The Morgan fingerprint density at radius 1 is 1.04 bits per heavy atom. The van der Waals surface area contributed by atoms with Gasteiger partial charge in [0.25, 0.3) is 0 Å². The predicted octanol–water partition coefficient (Wildman–Crippen LogP) is 1.26. The number of nitrogen functional groups attached to an aromatic ring is 1. The number of aromatic nitrogens is 2. The lowest BCUT2D eigenvalue weighted by atomic mass is 10.1. The van der Waals surface area contributed by atoms with Crippen molar-refractivity contribution in [3.63, 3.8) is 0 Å². The van der Waals surface area contributed by atoms with Gasteiger partial charge in [0.15, 0.2) is 5.82 Å². The summed E-state index contributed by atoms with van der Waals surface area (Å²) in [5.74, 6) is 1.03. The highest BCUT2D eigenvalue weighted by molar-refractivity contribution is 5.79. The van der Waals surface area contributed by atoms with E-state index in [0.29, 0.717) is 25.2 Å². The second-order valence-corrected chi connectivity index (χ2v) is 5.82. The van der Waals surface area contributed by atoms with Crippen LogP contribution in [0.2, 0.25) is 0 Å². The molecule has 2 aromatic rings. The Hall–Kier alpha value is -2.63. The van der Waals surface area contributed by atoms with Gasteiger partial charge >= 0.3 is 0 Å². The van der Waals surface area contributed by atoms with Crippen LogP contribution < -0.4 is 10.6 Å². The zero-order valence-electron chi connectivity index (χ0n) is 13.3.